The fourth-order valence-corrected chi connectivity index (χ4v) is 1.48. The van der Waals surface area contributed by atoms with Gasteiger partial charge in [-0.05, 0) is 6.07 Å². The lowest BCUT2D eigenvalue weighted by molar-refractivity contribution is -0.384. The lowest BCUT2D eigenvalue weighted by atomic mass is 10.1. The van der Waals surface area contributed by atoms with E-state index >= 15 is 0 Å². The van der Waals surface area contributed by atoms with E-state index in [1.807, 2.05) is 0 Å². The normalized spacial score (nSPS) is 9.95. The van der Waals surface area contributed by atoms with Crippen molar-refractivity contribution in [2.24, 2.45) is 5.73 Å². The van der Waals surface area contributed by atoms with Crippen LogP contribution in [0.1, 0.15) is 16.8 Å². The molecule has 0 saturated heterocycles. The Balaban J connectivity index is 2.92. The minimum Gasteiger partial charge on any atom is -0.461 e. The van der Waals surface area contributed by atoms with Crippen LogP contribution in [0.2, 0.25) is 0 Å². The zero-order valence-electron chi connectivity index (χ0n) is 11.1. The van der Waals surface area contributed by atoms with Crippen LogP contribution in [0.3, 0.4) is 0 Å². The molecule has 0 heterocycles. The van der Waals surface area contributed by atoms with Crippen molar-refractivity contribution in [3.8, 4) is 0 Å². The van der Waals surface area contributed by atoms with E-state index in [2.05, 4.69) is 5.32 Å². The topological polar surface area (TPSA) is 145 Å². The number of nitrogens with two attached hydrogens (primary N) is 1. The molecule has 0 aliphatic rings. The van der Waals surface area contributed by atoms with Crippen molar-refractivity contribution in [2.45, 2.75) is 6.42 Å². The van der Waals surface area contributed by atoms with Gasteiger partial charge in [0.2, 0.25) is 5.91 Å². The van der Waals surface area contributed by atoms with Crippen LogP contribution in [-0.4, -0.2) is 41.7 Å². The fraction of sp³-hybridized carbons (Fsp3) is 0.333. The molecule has 0 aliphatic carbocycles. The van der Waals surface area contributed by atoms with Gasteiger partial charge in [0.1, 0.15) is 6.61 Å². The highest BCUT2D eigenvalue weighted by atomic mass is 16.6. The van der Waals surface area contributed by atoms with Gasteiger partial charge in [-0.25, -0.2) is 4.79 Å². The Hall–Kier alpha value is -2.68. The average molecular weight is 297 g/mol. The SMILES string of the molecule is NC(=O)CCOC(=O)c1cc([N+](=O)[O-])ccc1NCCO. The molecular formula is C12H15N3O6. The molecule has 1 aromatic carbocycles. The van der Waals surface area contributed by atoms with Crippen molar-refractivity contribution in [1.29, 1.82) is 0 Å². The summed E-state index contributed by atoms with van der Waals surface area (Å²) in [5.74, 6) is -1.44. The van der Waals surface area contributed by atoms with E-state index in [1.165, 1.54) is 12.1 Å². The van der Waals surface area contributed by atoms with Gasteiger partial charge >= 0.3 is 5.97 Å². The fourth-order valence-electron chi connectivity index (χ4n) is 1.48. The van der Waals surface area contributed by atoms with Gasteiger partial charge in [-0.15, -0.1) is 0 Å². The largest absolute Gasteiger partial charge is 0.461 e. The van der Waals surface area contributed by atoms with E-state index in [0.717, 1.165) is 6.07 Å². The van der Waals surface area contributed by atoms with E-state index < -0.39 is 16.8 Å². The van der Waals surface area contributed by atoms with Crippen molar-refractivity contribution in [2.75, 3.05) is 25.1 Å². The number of hydrogen-bond donors (Lipinski definition) is 3. The minimum atomic E-state index is -0.819. The number of nitro groups is 1. The first-order valence-corrected chi connectivity index (χ1v) is 6.04. The zero-order chi connectivity index (χ0) is 15.8. The smallest absolute Gasteiger partial charge is 0.340 e. The molecule has 114 valence electrons. The number of primary amides is 1. The van der Waals surface area contributed by atoms with Crippen molar-refractivity contribution in [3.05, 3.63) is 33.9 Å². The molecule has 0 spiro atoms. The van der Waals surface area contributed by atoms with Gasteiger partial charge in [-0.1, -0.05) is 0 Å². The maximum absolute atomic E-state index is 11.9. The number of hydrogen-bond acceptors (Lipinski definition) is 7. The summed E-state index contributed by atoms with van der Waals surface area (Å²) in [5.41, 5.74) is 4.88. The van der Waals surface area contributed by atoms with Crippen molar-refractivity contribution in [3.63, 3.8) is 0 Å². The van der Waals surface area contributed by atoms with Gasteiger partial charge in [0.15, 0.2) is 0 Å². The Bertz CT molecular complexity index is 546. The third-order valence-electron chi connectivity index (χ3n) is 2.44. The zero-order valence-corrected chi connectivity index (χ0v) is 11.1. The number of rotatable bonds is 8. The number of aliphatic hydroxyl groups is 1. The molecule has 0 atom stereocenters. The Morgan fingerprint density at radius 1 is 1.43 bits per heavy atom. The monoisotopic (exact) mass is 297 g/mol. The molecule has 4 N–H and O–H groups in total. The molecule has 0 aromatic heterocycles. The summed E-state index contributed by atoms with van der Waals surface area (Å²) in [7, 11) is 0. The predicted octanol–water partition coefficient (Wildman–Crippen LogP) is 0.0312. The Morgan fingerprint density at radius 2 is 2.14 bits per heavy atom. The molecule has 0 unspecified atom stereocenters. The molecule has 1 amide bonds. The van der Waals surface area contributed by atoms with Gasteiger partial charge in [-0.3, -0.25) is 14.9 Å². The van der Waals surface area contributed by atoms with E-state index in [4.69, 9.17) is 15.6 Å². The number of ether oxygens (including phenoxy) is 1. The number of amides is 1. The van der Waals surface area contributed by atoms with Crippen molar-refractivity contribution < 1.29 is 24.4 Å². The third kappa shape index (κ3) is 5.07. The van der Waals surface area contributed by atoms with Crippen LogP contribution in [0.25, 0.3) is 0 Å². The second-order valence-electron chi connectivity index (χ2n) is 3.99. The summed E-state index contributed by atoms with van der Waals surface area (Å²) in [6, 6.07) is 3.63. The molecule has 1 aromatic rings. The Labute approximate surface area is 119 Å². The quantitative estimate of drug-likeness (QED) is 0.348. The molecule has 9 heteroatoms. The second-order valence-corrected chi connectivity index (χ2v) is 3.99. The lowest BCUT2D eigenvalue weighted by Crippen LogP contribution is -2.17. The van der Waals surface area contributed by atoms with Crippen LogP contribution in [-0.2, 0) is 9.53 Å². The van der Waals surface area contributed by atoms with Gasteiger partial charge in [0, 0.05) is 24.4 Å². The number of anilines is 1. The van der Waals surface area contributed by atoms with Gasteiger partial charge in [0.25, 0.3) is 5.69 Å². The highest BCUT2D eigenvalue weighted by molar-refractivity contribution is 5.96. The highest BCUT2D eigenvalue weighted by Gasteiger charge is 2.18. The van der Waals surface area contributed by atoms with Gasteiger partial charge in [0.05, 0.1) is 23.5 Å². The number of nitro benzene ring substituents is 1. The third-order valence-corrected chi connectivity index (χ3v) is 2.44. The average Bonchev–Trinajstić information content (AvgIpc) is 2.44. The minimum absolute atomic E-state index is 0.0536. The number of aliphatic hydroxyl groups excluding tert-OH is 1. The van der Waals surface area contributed by atoms with Crippen LogP contribution in [0.5, 0.6) is 0 Å². The van der Waals surface area contributed by atoms with Crippen LogP contribution >= 0.6 is 0 Å². The summed E-state index contributed by atoms with van der Waals surface area (Å²) in [5, 5.41) is 22.2. The standard InChI is InChI=1S/C12H15N3O6/c13-11(17)3-6-21-12(18)9-7-8(15(19)20)1-2-10(9)14-4-5-16/h1-2,7,14,16H,3-6H2,(H2,13,17). The van der Waals surface area contributed by atoms with Gasteiger partial charge in [-0.2, -0.15) is 0 Å². The number of nitrogens with zero attached hydrogens (tertiary/aromatic N) is 1. The number of carbonyl (C=O) groups is 2. The molecule has 0 aliphatic heterocycles. The molecule has 0 bridgehead atoms. The van der Waals surface area contributed by atoms with E-state index in [1.54, 1.807) is 0 Å². The summed E-state index contributed by atoms with van der Waals surface area (Å²) < 4.78 is 4.83. The Morgan fingerprint density at radius 3 is 2.71 bits per heavy atom. The summed E-state index contributed by atoms with van der Waals surface area (Å²) >= 11 is 0. The van der Waals surface area contributed by atoms with Crippen LogP contribution in [0.15, 0.2) is 18.2 Å². The maximum atomic E-state index is 11.9. The number of carbonyl (C=O) groups excluding carboxylic acids is 2. The maximum Gasteiger partial charge on any atom is 0.340 e. The number of non-ortho nitro benzene ring substituents is 1. The molecule has 0 fully saturated rings. The summed E-state index contributed by atoms with van der Waals surface area (Å²) in [6.07, 6.45) is -0.139. The van der Waals surface area contributed by atoms with Crippen molar-refractivity contribution >= 4 is 23.3 Å². The first-order chi connectivity index (χ1) is 9.95. The summed E-state index contributed by atoms with van der Waals surface area (Å²) in [6.45, 7) is -0.219. The van der Waals surface area contributed by atoms with Crippen LogP contribution < -0.4 is 11.1 Å². The Kier molecular flexibility index (Phi) is 6.08. The number of benzene rings is 1. The predicted molar refractivity (Wildman–Crippen MR) is 72.8 cm³/mol. The molecule has 21 heavy (non-hydrogen) atoms. The molecule has 9 nitrogen and oxygen atoms in total. The molecule has 0 radical (unpaired) electrons. The molecule has 0 saturated carbocycles. The molecule has 1 rings (SSSR count). The van der Waals surface area contributed by atoms with E-state index in [0.29, 0.717) is 5.69 Å². The summed E-state index contributed by atoms with van der Waals surface area (Å²) in [4.78, 5) is 32.5. The van der Waals surface area contributed by atoms with Crippen LogP contribution in [0.4, 0.5) is 11.4 Å². The second kappa shape index (κ2) is 7.80. The number of esters is 1. The van der Waals surface area contributed by atoms with Crippen molar-refractivity contribution in [1.82, 2.24) is 0 Å². The van der Waals surface area contributed by atoms with E-state index in [-0.39, 0.29) is 37.4 Å². The van der Waals surface area contributed by atoms with Crippen LogP contribution in [0, 0.1) is 10.1 Å². The first kappa shape index (κ1) is 16.4. The number of nitrogens with one attached hydrogen (secondary N) is 1. The highest BCUT2D eigenvalue weighted by Crippen LogP contribution is 2.23. The molecular weight excluding hydrogens is 282 g/mol. The van der Waals surface area contributed by atoms with E-state index in [9.17, 15) is 19.7 Å². The van der Waals surface area contributed by atoms with Gasteiger partial charge < -0.3 is 20.9 Å². The first-order valence-electron chi connectivity index (χ1n) is 6.04. The lowest BCUT2D eigenvalue weighted by Gasteiger charge is -2.10.